The van der Waals surface area contributed by atoms with Gasteiger partial charge < -0.3 is 4.90 Å². The molecule has 0 aromatic heterocycles. The normalized spacial score (nSPS) is 24.5. The van der Waals surface area contributed by atoms with E-state index >= 15 is 0 Å². The summed E-state index contributed by atoms with van der Waals surface area (Å²) in [6.45, 7) is 7.14. The first-order valence-corrected chi connectivity index (χ1v) is 11.5. The summed E-state index contributed by atoms with van der Waals surface area (Å²) in [5.41, 5.74) is 2.86. The molecule has 0 unspecified atom stereocenters. The van der Waals surface area contributed by atoms with Gasteiger partial charge in [0.25, 0.3) is 0 Å². The highest BCUT2D eigenvalue weighted by Crippen LogP contribution is 2.29. The molecule has 3 heteroatoms. The lowest BCUT2D eigenvalue weighted by atomic mass is 9.88. The van der Waals surface area contributed by atoms with Gasteiger partial charge >= 0.3 is 0 Å². The SMILES string of the molecule is CN1CCCN([C@H]2CC[C@@H](N(Cc3ccccc3)Cc3ccccc3)CC2)CC1. The van der Waals surface area contributed by atoms with Crippen LogP contribution >= 0.6 is 0 Å². The predicted molar refractivity (Wildman–Crippen MR) is 122 cm³/mol. The summed E-state index contributed by atoms with van der Waals surface area (Å²) >= 11 is 0. The molecule has 2 fully saturated rings. The molecule has 0 atom stereocenters. The Morgan fingerprint density at radius 3 is 1.90 bits per heavy atom. The quantitative estimate of drug-likeness (QED) is 0.710. The maximum Gasteiger partial charge on any atom is 0.0240 e. The molecule has 2 aromatic carbocycles. The second-order valence-electron chi connectivity index (χ2n) is 9.03. The van der Waals surface area contributed by atoms with Gasteiger partial charge in [0, 0.05) is 38.3 Å². The van der Waals surface area contributed by atoms with Crippen LogP contribution in [-0.4, -0.2) is 60.0 Å². The summed E-state index contributed by atoms with van der Waals surface area (Å²) in [5, 5.41) is 0. The first-order chi connectivity index (χ1) is 14.3. The van der Waals surface area contributed by atoms with Crippen molar-refractivity contribution in [2.24, 2.45) is 0 Å². The van der Waals surface area contributed by atoms with Gasteiger partial charge in [0.05, 0.1) is 0 Å². The summed E-state index contributed by atoms with van der Waals surface area (Å²) in [5.74, 6) is 0. The molecule has 0 N–H and O–H groups in total. The van der Waals surface area contributed by atoms with Crippen LogP contribution in [0.5, 0.6) is 0 Å². The molecule has 1 saturated heterocycles. The number of benzene rings is 2. The van der Waals surface area contributed by atoms with Crippen molar-refractivity contribution in [2.45, 2.75) is 57.3 Å². The molecule has 4 rings (SSSR count). The summed E-state index contributed by atoms with van der Waals surface area (Å²) in [6.07, 6.45) is 6.70. The van der Waals surface area contributed by atoms with Crippen LogP contribution in [0.3, 0.4) is 0 Å². The van der Waals surface area contributed by atoms with Crippen molar-refractivity contribution in [3.8, 4) is 0 Å². The summed E-state index contributed by atoms with van der Waals surface area (Å²) < 4.78 is 0. The van der Waals surface area contributed by atoms with Gasteiger partial charge in [-0.25, -0.2) is 0 Å². The fourth-order valence-corrected chi connectivity index (χ4v) is 5.17. The molecule has 0 bridgehead atoms. The fourth-order valence-electron chi connectivity index (χ4n) is 5.17. The van der Waals surface area contributed by atoms with Gasteiger partial charge in [-0.3, -0.25) is 9.80 Å². The number of rotatable bonds is 6. The predicted octanol–water partition coefficient (Wildman–Crippen LogP) is 4.64. The number of hydrogen-bond donors (Lipinski definition) is 0. The maximum atomic E-state index is 2.79. The molecule has 0 spiro atoms. The lowest BCUT2D eigenvalue weighted by molar-refractivity contribution is 0.0878. The molecule has 1 aliphatic carbocycles. The third-order valence-electron chi connectivity index (χ3n) is 6.91. The van der Waals surface area contributed by atoms with Crippen molar-refractivity contribution in [1.29, 1.82) is 0 Å². The van der Waals surface area contributed by atoms with Crippen molar-refractivity contribution in [3.05, 3.63) is 71.8 Å². The van der Waals surface area contributed by atoms with Crippen molar-refractivity contribution in [3.63, 3.8) is 0 Å². The zero-order valence-electron chi connectivity index (χ0n) is 18.0. The number of hydrogen-bond acceptors (Lipinski definition) is 3. The van der Waals surface area contributed by atoms with E-state index in [4.69, 9.17) is 0 Å². The Morgan fingerprint density at radius 1 is 0.724 bits per heavy atom. The topological polar surface area (TPSA) is 9.72 Å². The molecule has 3 nitrogen and oxygen atoms in total. The van der Waals surface area contributed by atoms with E-state index in [1.165, 1.54) is 69.4 Å². The van der Waals surface area contributed by atoms with E-state index in [9.17, 15) is 0 Å². The van der Waals surface area contributed by atoms with Crippen LogP contribution < -0.4 is 0 Å². The summed E-state index contributed by atoms with van der Waals surface area (Å²) in [7, 11) is 2.27. The Bertz CT molecular complexity index is 668. The highest BCUT2D eigenvalue weighted by atomic mass is 15.2. The van der Waals surface area contributed by atoms with Gasteiger partial charge in [0.1, 0.15) is 0 Å². The van der Waals surface area contributed by atoms with Crippen LogP contribution in [0.2, 0.25) is 0 Å². The zero-order valence-corrected chi connectivity index (χ0v) is 18.0. The van der Waals surface area contributed by atoms with Crippen LogP contribution in [0, 0.1) is 0 Å². The Hall–Kier alpha value is -1.68. The van der Waals surface area contributed by atoms with Crippen LogP contribution in [0.4, 0.5) is 0 Å². The van der Waals surface area contributed by atoms with Crippen LogP contribution in [0.15, 0.2) is 60.7 Å². The van der Waals surface area contributed by atoms with Gasteiger partial charge in [0.2, 0.25) is 0 Å². The van der Waals surface area contributed by atoms with E-state index in [0.29, 0.717) is 6.04 Å². The highest BCUT2D eigenvalue weighted by Gasteiger charge is 2.29. The second-order valence-corrected chi connectivity index (χ2v) is 9.03. The molecule has 1 saturated carbocycles. The lowest BCUT2D eigenvalue weighted by Gasteiger charge is -2.40. The highest BCUT2D eigenvalue weighted by molar-refractivity contribution is 5.17. The molecule has 0 amide bonds. The average molecular weight is 392 g/mol. The standard InChI is InChI=1S/C26H37N3/c1-27-17-8-18-28(20-19-27)25-13-15-26(16-14-25)29(21-23-9-4-2-5-10-23)22-24-11-6-3-7-12-24/h2-7,9-12,25-26H,8,13-22H2,1H3/t25-,26+. The Morgan fingerprint density at radius 2 is 1.31 bits per heavy atom. The molecule has 2 aromatic rings. The van der Waals surface area contributed by atoms with Gasteiger partial charge in [-0.1, -0.05) is 60.7 Å². The van der Waals surface area contributed by atoms with Crippen molar-refractivity contribution >= 4 is 0 Å². The van der Waals surface area contributed by atoms with Crippen molar-refractivity contribution in [1.82, 2.24) is 14.7 Å². The minimum absolute atomic E-state index is 0.696. The fraction of sp³-hybridized carbons (Fsp3) is 0.538. The van der Waals surface area contributed by atoms with E-state index in [0.717, 1.165) is 19.1 Å². The lowest BCUT2D eigenvalue weighted by Crippen LogP contribution is -2.44. The first kappa shape index (κ1) is 20.6. The van der Waals surface area contributed by atoms with Gasteiger partial charge in [-0.2, -0.15) is 0 Å². The third-order valence-corrected chi connectivity index (χ3v) is 6.91. The molecule has 1 heterocycles. The van der Waals surface area contributed by atoms with Crippen molar-refractivity contribution in [2.75, 3.05) is 33.2 Å². The minimum atomic E-state index is 0.696. The molecule has 156 valence electrons. The van der Waals surface area contributed by atoms with E-state index in [-0.39, 0.29) is 0 Å². The molecule has 1 aliphatic heterocycles. The van der Waals surface area contributed by atoms with Crippen LogP contribution in [0.25, 0.3) is 0 Å². The largest absolute Gasteiger partial charge is 0.305 e. The van der Waals surface area contributed by atoms with Crippen LogP contribution in [0.1, 0.15) is 43.2 Å². The molecular weight excluding hydrogens is 354 g/mol. The van der Waals surface area contributed by atoms with Crippen LogP contribution in [-0.2, 0) is 13.1 Å². The van der Waals surface area contributed by atoms with Gasteiger partial charge in [-0.15, -0.1) is 0 Å². The number of likely N-dealkylation sites (N-methyl/N-ethyl adjacent to an activating group) is 1. The van der Waals surface area contributed by atoms with Gasteiger partial charge in [0.15, 0.2) is 0 Å². The van der Waals surface area contributed by atoms with E-state index in [1.807, 2.05) is 0 Å². The summed E-state index contributed by atoms with van der Waals surface area (Å²) in [4.78, 5) is 8.02. The van der Waals surface area contributed by atoms with Crippen molar-refractivity contribution < 1.29 is 0 Å². The average Bonchev–Trinajstić information content (AvgIpc) is 2.99. The zero-order chi connectivity index (χ0) is 19.9. The number of nitrogens with zero attached hydrogens (tertiary/aromatic N) is 3. The maximum absolute atomic E-state index is 2.79. The molecule has 0 radical (unpaired) electrons. The minimum Gasteiger partial charge on any atom is -0.305 e. The Kier molecular flexibility index (Phi) is 7.37. The molecular formula is C26H37N3. The smallest absolute Gasteiger partial charge is 0.0240 e. The summed E-state index contributed by atoms with van der Waals surface area (Å²) in [6, 6.07) is 23.5. The molecule has 29 heavy (non-hydrogen) atoms. The molecule has 2 aliphatic rings. The Balaban J connectivity index is 1.39. The van der Waals surface area contributed by atoms with E-state index in [2.05, 4.69) is 82.4 Å². The Labute approximate surface area is 177 Å². The van der Waals surface area contributed by atoms with E-state index < -0.39 is 0 Å². The van der Waals surface area contributed by atoms with Gasteiger partial charge in [-0.05, 0) is 63.4 Å². The monoisotopic (exact) mass is 391 g/mol. The second kappa shape index (κ2) is 10.4. The first-order valence-electron chi connectivity index (χ1n) is 11.5. The van der Waals surface area contributed by atoms with E-state index in [1.54, 1.807) is 0 Å². The third kappa shape index (κ3) is 5.91.